The third kappa shape index (κ3) is 5.02. The van der Waals surface area contributed by atoms with Gasteiger partial charge in [0.1, 0.15) is 4.90 Å². The Morgan fingerprint density at radius 3 is 2.47 bits per heavy atom. The molecule has 0 N–H and O–H groups in total. The van der Waals surface area contributed by atoms with E-state index in [1.807, 2.05) is 0 Å². The topological polar surface area (TPSA) is 126 Å². The fourth-order valence-electron chi connectivity index (χ4n) is 3.38. The van der Waals surface area contributed by atoms with Gasteiger partial charge >= 0.3 is 21.8 Å². The summed E-state index contributed by atoms with van der Waals surface area (Å²) in [6, 6.07) is 9.11. The van der Waals surface area contributed by atoms with E-state index in [1.54, 1.807) is 38.1 Å². The molecule has 9 nitrogen and oxygen atoms in total. The Hall–Kier alpha value is -3.53. The van der Waals surface area contributed by atoms with Crippen LogP contribution < -0.4 is 0 Å². The third-order valence-electron chi connectivity index (χ3n) is 5.19. The van der Waals surface area contributed by atoms with Crippen LogP contribution in [0.2, 0.25) is 0 Å². The van der Waals surface area contributed by atoms with E-state index < -0.39 is 32.6 Å². The highest BCUT2D eigenvalue weighted by atomic mass is 32.2. The summed E-state index contributed by atoms with van der Waals surface area (Å²) in [4.78, 5) is 27.1. The Morgan fingerprint density at radius 1 is 1.19 bits per heavy atom. The van der Waals surface area contributed by atoms with Crippen LogP contribution in [0.4, 0.5) is 0 Å². The van der Waals surface area contributed by atoms with Crippen LogP contribution in [0.5, 0.6) is 0 Å². The Kier molecular flexibility index (Phi) is 6.73. The zero-order valence-corrected chi connectivity index (χ0v) is 18.5. The van der Waals surface area contributed by atoms with Gasteiger partial charge in [-0.3, -0.25) is 15.1 Å². The van der Waals surface area contributed by atoms with E-state index in [0.717, 1.165) is 5.56 Å². The first-order valence-corrected chi connectivity index (χ1v) is 11.2. The maximum atomic E-state index is 12.7. The smallest absolute Gasteiger partial charge is 0.339 e. The van der Waals surface area contributed by atoms with Crippen molar-refractivity contribution >= 4 is 16.1 Å². The normalized spacial score (nSPS) is 18.7. The SMILES string of the molecule is CC1=C([N+](=O)[O-])C(OS(=O)(=O)c2ccc(C)cc2)=CC(C)C1COC(=O)c1cccnc1. The predicted molar refractivity (Wildman–Crippen MR) is 114 cm³/mol. The average molecular weight is 458 g/mol. The molecule has 0 saturated carbocycles. The lowest BCUT2D eigenvalue weighted by molar-refractivity contribution is -0.425. The van der Waals surface area contributed by atoms with E-state index in [9.17, 15) is 23.3 Å². The molecule has 0 radical (unpaired) electrons. The minimum Gasteiger partial charge on any atom is -0.461 e. The number of rotatable bonds is 7. The first-order chi connectivity index (χ1) is 15.1. The van der Waals surface area contributed by atoms with Gasteiger partial charge in [0.05, 0.1) is 17.1 Å². The van der Waals surface area contributed by atoms with E-state index in [0.29, 0.717) is 0 Å². The van der Waals surface area contributed by atoms with E-state index in [-0.39, 0.29) is 34.3 Å². The molecule has 32 heavy (non-hydrogen) atoms. The Morgan fingerprint density at radius 2 is 1.88 bits per heavy atom. The highest BCUT2D eigenvalue weighted by molar-refractivity contribution is 7.86. The molecule has 0 bridgehead atoms. The molecule has 3 rings (SSSR count). The van der Waals surface area contributed by atoms with Crippen LogP contribution in [0.1, 0.15) is 29.8 Å². The number of carbonyl (C=O) groups excluding carboxylic acids is 1. The van der Waals surface area contributed by atoms with E-state index in [2.05, 4.69) is 4.98 Å². The fourth-order valence-corrected chi connectivity index (χ4v) is 4.32. The van der Waals surface area contributed by atoms with Crippen molar-refractivity contribution in [3.05, 3.63) is 93.1 Å². The van der Waals surface area contributed by atoms with Crippen molar-refractivity contribution in [3.63, 3.8) is 0 Å². The summed E-state index contributed by atoms with van der Waals surface area (Å²) in [7, 11) is -4.27. The molecule has 2 aromatic rings. The molecule has 168 valence electrons. The number of nitrogens with zero attached hydrogens (tertiary/aromatic N) is 2. The third-order valence-corrected chi connectivity index (χ3v) is 6.44. The van der Waals surface area contributed by atoms with Crippen molar-refractivity contribution in [1.82, 2.24) is 4.98 Å². The number of ether oxygens (including phenoxy) is 1. The summed E-state index contributed by atoms with van der Waals surface area (Å²) in [5.41, 5.74) is 0.926. The van der Waals surface area contributed by atoms with Crippen LogP contribution in [0.15, 0.2) is 76.8 Å². The van der Waals surface area contributed by atoms with Crippen molar-refractivity contribution < 1.29 is 27.1 Å². The number of aromatic nitrogens is 1. The zero-order valence-electron chi connectivity index (χ0n) is 17.7. The van der Waals surface area contributed by atoms with Crippen LogP contribution in [0.3, 0.4) is 0 Å². The van der Waals surface area contributed by atoms with Gasteiger partial charge in [0.2, 0.25) is 5.76 Å². The monoisotopic (exact) mass is 458 g/mol. The van der Waals surface area contributed by atoms with Crippen molar-refractivity contribution in [3.8, 4) is 0 Å². The number of carbonyl (C=O) groups is 1. The van der Waals surface area contributed by atoms with E-state index in [1.165, 1.54) is 37.5 Å². The Bertz CT molecular complexity index is 1190. The summed E-state index contributed by atoms with van der Waals surface area (Å²) >= 11 is 0. The van der Waals surface area contributed by atoms with Crippen LogP contribution in [-0.4, -0.2) is 30.9 Å². The summed E-state index contributed by atoms with van der Waals surface area (Å²) < 4.78 is 35.8. The molecule has 0 aliphatic heterocycles. The lowest BCUT2D eigenvalue weighted by atomic mass is 9.82. The van der Waals surface area contributed by atoms with Gasteiger partial charge in [-0.1, -0.05) is 24.6 Å². The Balaban J connectivity index is 1.83. The zero-order chi connectivity index (χ0) is 23.5. The van der Waals surface area contributed by atoms with E-state index in [4.69, 9.17) is 8.92 Å². The molecule has 1 heterocycles. The number of aryl methyl sites for hydroxylation is 1. The summed E-state index contributed by atoms with van der Waals surface area (Å²) in [6.45, 7) is 4.93. The number of benzene rings is 1. The van der Waals surface area contributed by atoms with Gasteiger partial charge in [-0.05, 0) is 50.1 Å². The van der Waals surface area contributed by atoms with Gasteiger partial charge in [-0.15, -0.1) is 0 Å². The predicted octanol–water partition coefficient (Wildman–Crippen LogP) is 3.65. The second-order valence-electron chi connectivity index (χ2n) is 7.48. The molecule has 0 spiro atoms. The molecule has 0 saturated heterocycles. The second-order valence-corrected chi connectivity index (χ2v) is 9.02. The molecule has 1 aromatic heterocycles. The van der Waals surface area contributed by atoms with Crippen molar-refractivity contribution in [2.24, 2.45) is 11.8 Å². The largest absolute Gasteiger partial charge is 0.461 e. The number of esters is 1. The molecule has 10 heteroatoms. The van der Waals surface area contributed by atoms with Gasteiger partial charge in [-0.25, -0.2) is 4.79 Å². The quantitative estimate of drug-likeness (QED) is 0.266. The van der Waals surface area contributed by atoms with Gasteiger partial charge in [0.15, 0.2) is 0 Å². The first kappa shape index (κ1) is 23.1. The van der Waals surface area contributed by atoms with Crippen LogP contribution >= 0.6 is 0 Å². The lowest BCUT2D eigenvalue weighted by Gasteiger charge is -2.26. The molecule has 1 aromatic carbocycles. The van der Waals surface area contributed by atoms with Gasteiger partial charge in [-0.2, -0.15) is 8.42 Å². The molecular formula is C22H22N2O7S. The fraction of sp³-hybridized carbons (Fsp3) is 0.273. The lowest BCUT2D eigenvalue weighted by Crippen LogP contribution is -2.28. The maximum Gasteiger partial charge on any atom is 0.339 e. The summed E-state index contributed by atoms with van der Waals surface area (Å²) in [6.07, 6.45) is 4.26. The summed E-state index contributed by atoms with van der Waals surface area (Å²) in [5, 5.41) is 11.8. The van der Waals surface area contributed by atoms with Crippen LogP contribution in [0, 0.1) is 28.9 Å². The molecule has 2 unspecified atom stereocenters. The molecule has 0 fully saturated rings. The molecule has 1 aliphatic carbocycles. The molecule has 2 atom stereocenters. The number of pyridine rings is 1. The van der Waals surface area contributed by atoms with E-state index >= 15 is 0 Å². The van der Waals surface area contributed by atoms with Crippen molar-refractivity contribution in [1.29, 1.82) is 0 Å². The minimum absolute atomic E-state index is 0.107. The Labute approximate surface area is 185 Å². The summed E-state index contributed by atoms with van der Waals surface area (Å²) in [5.74, 6) is -1.86. The number of allylic oxidation sites excluding steroid dienone is 1. The molecule has 0 amide bonds. The number of hydrogen-bond donors (Lipinski definition) is 0. The first-order valence-electron chi connectivity index (χ1n) is 9.76. The molecular weight excluding hydrogens is 436 g/mol. The maximum absolute atomic E-state index is 12.7. The van der Waals surface area contributed by atoms with Crippen molar-refractivity contribution in [2.75, 3.05) is 6.61 Å². The standard InChI is InChI=1S/C22H22N2O7S/c1-14-6-8-18(9-7-14)32(28,29)31-20-11-15(2)19(16(3)21(20)24(26)27)13-30-22(25)17-5-4-10-23-12-17/h4-12,15,19H,13H2,1-3H3. The van der Waals surface area contributed by atoms with Crippen LogP contribution in [0.25, 0.3) is 0 Å². The molecule has 1 aliphatic rings. The average Bonchev–Trinajstić information content (AvgIpc) is 2.73. The van der Waals surface area contributed by atoms with Gasteiger partial charge in [0, 0.05) is 23.9 Å². The second kappa shape index (κ2) is 9.31. The number of hydrogen-bond acceptors (Lipinski definition) is 8. The van der Waals surface area contributed by atoms with Gasteiger partial charge < -0.3 is 8.92 Å². The van der Waals surface area contributed by atoms with Gasteiger partial charge in [0.25, 0.3) is 0 Å². The highest BCUT2D eigenvalue weighted by Gasteiger charge is 2.38. The number of nitro groups is 1. The highest BCUT2D eigenvalue weighted by Crippen LogP contribution is 2.36. The minimum atomic E-state index is -4.27. The van der Waals surface area contributed by atoms with Crippen LogP contribution in [-0.2, 0) is 19.0 Å². The van der Waals surface area contributed by atoms with Crippen molar-refractivity contribution in [2.45, 2.75) is 25.7 Å².